The Morgan fingerprint density at radius 2 is 2.21 bits per heavy atom. The number of carbonyl (C=O) groups is 2. The van der Waals surface area contributed by atoms with Gasteiger partial charge in [0.15, 0.2) is 0 Å². The summed E-state index contributed by atoms with van der Waals surface area (Å²) in [6.07, 6.45) is 0.664. The minimum Gasteiger partial charge on any atom is -0.369 e. The van der Waals surface area contributed by atoms with Crippen LogP contribution in [0.1, 0.15) is 13.3 Å². The van der Waals surface area contributed by atoms with Crippen molar-refractivity contribution in [2.24, 2.45) is 11.1 Å². The second-order valence-corrected chi connectivity index (χ2v) is 4.02. The van der Waals surface area contributed by atoms with Crippen LogP contribution in [0.3, 0.4) is 0 Å². The molecule has 0 radical (unpaired) electrons. The molecule has 3 N–H and O–H groups in total. The normalized spacial score (nSPS) is 26.6. The van der Waals surface area contributed by atoms with Crippen molar-refractivity contribution in [3.05, 3.63) is 0 Å². The maximum Gasteiger partial charge on any atom is 0.236 e. The molecule has 1 heterocycles. The Balaban J connectivity index is 2.56. The summed E-state index contributed by atoms with van der Waals surface area (Å²) in [7, 11) is 1.72. The zero-order valence-electron chi connectivity index (χ0n) is 8.67. The lowest BCUT2D eigenvalue weighted by molar-refractivity contribution is -0.130. The Labute approximate surface area is 83.6 Å². The number of amides is 2. The molecule has 0 spiro atoms. The van der Waals surface area contributed by atoms with Crippen LogP contribution in [0.4, 0.5) is 0 Å². The van der Waals surface area contributed by atoms with Crippen molar-refractivity contribution in [3.8, 4) is 0 Å². The third-order valence-electron chi connectivity index (χ3n) is 2.75. The van der Waals surface area contributed by atoms with Crippen molar-refractivity contribution < 1.29 is 9.59 Å². The van der Waals surface area contributed by atoms with Crippen LogP contribution in [0.15, 0.2) is 0 Å². The number of nitrogens with two attached hydrogens (primary N) is 1. The van der Waals surface area contributed by atoms with E-state index < -0.39 is 5.41 Å². The SMILES string of the molecule is CNCC(=O)N1CCC(C)(C(N)=O)C1. The molecule has 0 aliphatic carbocycles. The molecule has 14 heavy (non-hydrogen) atoms. The number of carbonyl (C=O) groups excluding carboxylic acids is 2. The number of nitrogens with one attached hydrogen (secondary N) is 1. The van der Waals surface area contributed by atoms with E-state index in [1.165, 1.54) is 0 Å². The van der Waals surface area contributed by atoms with Gasteiger partial charge in [0.05, 0.1) is 12.0 Å². The van der Waals surface area contributed by atoms with Crippen molar-refractivity contribution in [2.45, 2.75) is 13.3 Å². The topological polar surface area (TPSA) is 75.4 Å². The summed E-state index contributed by atoms with van der Waals surface area (Å²) in [6, 6.07) is 0. The van der Waals surface area contributed by atoms with Crippen LogP contribution in [-0.2, 0) is 9.59 Å². The van der Waals surface area contributed by atoms with Gasteiger partial charge in [0.25, 0.3) is 0 Å². The fourth-order valence-corrected chi connectivity index (χ4v) is 1.64. The lowest BCUT2D eigenvalue weighted by Gasteiger charge is -2.20. The van der Waals surface area contributed by atoms with Gasteiger partial charge >= 0.3 is 0 Å². The summed E-state index contributed by atoms with van der Waals surface area (Å²) in [6.45, 7) is 3.19. The molecular formula is C9H17N3O2. The number of nitrogens with zero attached hydrogens (tertiary/aromatic N) is 1. The lowest BCUT2D eigenvalue weighted by atomic mass is 9.89. The van der Waals surface area contributed by atoms with Crippen LogP contribution in [0.5, 0.6) is 0 Å². The Hall–Kier alpha value is -1.10. The van der Waals surface area contributed by atoms with Gasteiger partial charge < -0.3 is 16.0 Å². The number of primary amides is 1. The number of likely N-dealkylation sites (tertiary alicyclic amines) is 1. The van der Waals surface area contributed by atoms with Crippen molar-refractivity contribution >= 4 is 11.8 Å². The summed E-state index contributed by atoms with van der Waals surface area (Å²) < 4.78 is 0. The average Bonchev–Trinajstić information content (AvgIpc) is 2.50. The summed E-state index contributed by atoms with van der Waals surface area (Å²) in [5.74, 6) is -0.297. The first kappa shape index (κ1) is 11.0. The molecule has 80 valence electrons. The van der Waals surface area contributed by atoms with Gasteiger partial charge in [-0.25, -0.2) is 0 Å². The Kier molecular flexibility index (Phi) is 3.10. The Bertz CT molecular complexity index is 254. The van der Waals surface area contributed by atoms with Crippen LogP contribution < -0.4 is 11.1 Å². The van der Waals surface area contributed by atoms with Gasteiger partial charge in [-0.2, -0.15) is 0 Å². The molecule has 0 aromatic rings. The summed E-state index contributed by atoms with van der Waals surface area (Å²) in [4.78, 5) is 24.3. The molecule has 1 aliphatic rings. The first-order valence-corrected chi connectivity index (χ1v) is 4.72. The molecule has 0 aromatic carbocycles. The quantitative estimate of drug-likeness (QED) is 0.607. The van der Waals surface area contributed by atoms with Crippen molar-refractivity contribution in [1.82, 2.24) is 10.2 Å². The van der Waals surface area contributed by atoms with Gasteiger partial charge in [-0.1, -0.05) is 0 Å². The molecule has 1 aliphatic heterocycles. The monoisotopic (exact) mass is 199 g/mol. The maximum absolute atomic E-state index is 11.5. The fourth-order valence-electron chi connectivity index (χ4n) is 1.64. The number of likely N-dealkylation sites (N-methyl/N-ethyl adjacent to an activating group) is 1. The zero-order chi connectivity index (χ0) is 10.8. The molecule has 0 aromatic heterocycles. The summed E-state index contributed by atoms with van der Waals surface area (Å²) in [5, 5.41) is 2.79. The predicted octanol–water partition coefficient (Wildman–Crippen LogP) is -1.07. The average molecular weight is 199 g/mol. The van der Waals surface area contributed by atoms with Gasteiger partial charge in [0.2, 0.25) is 11.8 Å². The van der Waals surface area contributed by atoms with Crippen molar-refractivity contribution in [1.29, 1.82) is 0 Å². The lowest BCUT2D eigenvalue weighted by Crippen LogP contribution is -2.40. The number of hydrogen-bond acceptors (Lipinski definition) is 3. The molecular weight excluding hydrogens is 182 g/mol. The maximum atomic E-state index is 11.5. The number of rotatable bonds is 3. The fraction of sp³-hybridized carbons (Fsp3) is 0.778. The zero-order valence-corrected chi connectivity index (χ0v) is 8.67. The Morgan fingerprint density at radius 3 is 2.64 bits per heavy atom. The molecule has 0 saturated carbocycles. The molecule has 1 fully saturated rings. The van der Waals surface area contributed by atoms with Gasteiger partial charge in [-0.05, 0) is 20.4 Å². The number of hydrogen-bond donors (Lipinski definition) is 2. The largest absolute Gasteiger partial charge is 0.369 e. The first-order chi connectivity index (χ1) is 6.49. The molecule has 1 rings (SSSR count). The first-order valence-electron chi connectivity index (χ1n) is 4.72. The molecule has 1 atom stereocenters. The molecule has 0 bridgehead atoms. The third-order valence-corrected chi connectivity index (χ3v) is 2.75. The molecule has 5 heteroatoms. The van der Waals surface area contributed by atoms with E-state index in [4.69, 9.17) is 5.73 Å². The summed E-state index contributed by atoms with van der Waals surface area (Å²) in [5.41, 5.74) is 4.74. The highest BCUT2D eigenvalue weighted by molar-refractivity contribution is 5.84. The van der Waals surface area contributed by atoms with Gasteiger partial charge in [0.1, 0.15) is 0 Å². The van der Waals surface area contributed by atoms with Crippen LogP contribution >= 0.6 is 0 Å². The van der Waals surface area contributed by atoms with Crippen molar-refractivity contribution in [3.63, 3.8) is 0 Å². The van der Waals surface area contributed by atoms with Crippen LogP contribution in [-0.4, -0.2) is 43.4 Å². The summed E-state index contributed by atoms with van der Waals surface area (Å²) >= 11 is 0. The highest BCUT2D eigenvalue weighted by Crippen LogP contribution is 2.29. The van der Waals surface area contributed by atoms with E-state index in [1.54, 1.807) is 11.9 Å². The van der Waals surface area contributed by atoms with E-state index in [0.717, 1.165) is 0 Å². The van der Waals surface area contributed by atoms with E-state index in [1.807, 2.05) is 6.92 Å². The molecule has 1 unspecified atom stereocenters. The van der Waals surface area contributed by atoms with Gasteiger partial charge in [-0.3, -0.25) is 9.59 Å². The second-order valence-electron chi connectivity index (χ2n) is 4.02. The van der Waals surface area contributed by atoms with E-state index in [9.17, 15) is 9.59 Å². The highest BCUT2D eigenvalue weighted by atomic mass is 16.2. The van der Waals surface area contributed by atoms with Gasteiger partial charge in [0, 0.05) is 13.1 Å². The van der Waals surface area contributed by atoms with E-state index in [0.29, 0.717) is 26.1 Å². The van der Waals surface area contributed by atoms with Crippen molar-refractivity contribution in [2.75, 3.05) is 26.7 Å². The van der Waals surface area contributed by atoms with E-state index >= 15 is 0 Å². The van der Waals surface area contributed by atoms with Crippen LogP contribution in [0, 0.1) is 5.41 Å². The van der Waals surface area contributed by atoms with Gasteiger partial charge in [-0.15, -0.1) is 0 Å². The standard InChI is InChI=1S/C9H17N3O2/c1-9(8(10)14)3-4-12(6-9)7(13)5-11-2/h11H,3-6H2,1-2H3,(H2,10,14). The third kappa shape index (κ3) is 2.04. The molecule has 2 amide bonds. The smallest absolute Gasteiger partial charge is 0.236 e. The molecule has 5 nitrogen and oxygen atoms in total. The predicted molar refractivity (Wildman–Crippen MR) is 52.4 cm³/mol. The minimum atomic E-state index is -0.538. The molecule has 1 saturated heterocycles. The van der Waals surface area contributed by atoms with Crippen LogP contribution in [0.25, 0.3) is 0 Å². The van der Waals surface area contributed by atoms with Crippen LogP contribution in [0.2, 0.25) is 0 Å². The van der Waals surface area contributed by atoms with E-state index in [-0.39, 0.29) is 11.8 Å². The second kappa shape index (κ2) is 3.96. The highest BCUT2D eigenvalue weighted by Gasteiger charge is 2.40. The minimum absolute atomic E-state index is 0.0254. The van der Waals surface area contributed by atoms with E-state index in [2.05, 4.69) is 5.32 Å². The Morgan fingerprint density at radius 1 is 1.57 bits per heavy atom.